The molecular formula is C16H14N2O2. The lowest BCUT2D eigenvalue weighted by Gasteiger charge is -2.07. The first-order valence-electron chi connectivity index (χ1n) is 6.35. The van der Waals surface area contributed by atoms with Crippen molar-refractivity contribution in [2.45, 2.75) is 13.8 Å². The second-order valence-electron chi connectivity index (χ2n) is 4.79. The minimum absolute atomic E-state index is 0.129. The van der Waals surface area contributed by atoms with E-state index in [4.69, 9.17) is 4.42 Å². The molecule has 1 amide bonds. The van der Waals surface area contributed by atoms with Crippen LogP contribution in [0.3, 0.4) is 0 Å². The minimum Gasteiger partial charge on any atom is -0.443 e. The number of aromatic nitrogens is 1. The van der Waals surface area contributed by atoms with Crippen molar-refractivity contribution in [2.75, 3.05) is 5.32 Å². The Hall–Kier alpha value is -2.62. The molecule has 4 heteroatoms. The van der Waals surface area contributed by atoms with Crippen molar-refractivity contribution >= 4 is 22.7 Å². The Balaban J connectivity index is 1.85. The normalized spacial score (nSPS) is 10.7. The molecule has 0 aliphatic carbocycles. The van der Waals surface area contributed by atoms with Crippen LogP contribution in [0.5, 0.6) is 0 Å². The van der Waals surface area contributed by atoms with Crippen molar-refractivity contribution in [3.63, 3.8) is 0 Å². The van der Waals surface area contributed by atoms with E-state index in [9.17, 15) is 4.79 Å². The predicted molar refractivity (Wildman–Crippen MR) is 77.9 cm³/mol. The summed E-state index contributed by atoms with van der Waals surface area (Å²) in [5, 5.41) is 2.87. The Bertz CT molecular complexity index is 790. The fourth-order valence-electron chi connectivity index (χ4n) is 2.02. The topological polar surface area (TPSA) is 55.1 Å². The molecule has 0 spiro atoms. The van der Waals surface area contributed by atoms with Gasteiger partial charge in [0, 0.05) is 11.3 Å². The summed E-state index contributed by atoms with van der Waals surface area (Å²) in [5.74, 6) is -0.129. The van der Waals surface area contributed by atoms with E-state index in [0.29, 0.717) is 16.8 Å². The number of fused-ring (bicyclic) bond motifs is 1. The molecule has 0 atom stereocenters. The first-order chi connectivity index (χ1) is 9.63. The molecule has 4 nitrogen and oxygen atoms in total. The van der Waals surface area contributed by atoms with E-state index < -0.39 is 0 Å². The second kappa shape index (κ2) is 4.81. The molecule has 0 saturated carbocycles. The Morgan fingerprint density at radius 3 is 2.75 bits per heavy atom. The molecule has 0 aliphatic rings. The Morgan fingerprint density at radius 1 is 1.10 bits per heavy atom. The van der Waals surface area contributed by atoms with Gasteiger partial charge in [0.1, 0.15) is 5.52 Å². The quantitative estimate of drug-likeness (QED) is 0.769. The van der Waals surface area contributed by atoms with Gasteiger partial charge < -0.3 is 9.73 Å². The number of aryl methyl sites for hydroxylation is 2. The van der Waals surface area contributed by atoms with Gasteiger partial charge in [0.25, 0.3) is 5.91 Å². The van der Waals surface area contributed by atoms with Crippen molar-refractivity contribution in [3.05, 3.63) is 59.5 Å². The summed E-state index contributed by atoms with van der Waals surface area (Å²) < 4.78 is 5.17. The van der Waals surface area contributed by atoms with Crippen molar-refractivity contribution in [3.8, 4) is 0 Å². The number of carbonyl (C=O) groups excluding carboxylic acids is 1. The first kappa shape index (κ1) is 12.4. The third kappa shape index (κ3) is 2.28. The summed E-state index contributed by atoms with van der Waals surface area (Å²) in [7, 11) is 0. The zero-order valence-electron chi connectivity index (χ0n) is 11.3. The maximum Gasteiger partial charge on any atom is 0.255 e. The first-order valence-corrected chi connectivity index (χ1v) is 6.35. The van der Waals surface area contributed by atoms with Gasteiger partial charge in [-0.2, -0.15) is 0 Å². The average molecular weight is 266 g/mol. The Kier molecular flexibility index (Phi) is 2.99. The lowest BCUT2D eigenvalue weighted by atomic mass is 10.1. The van der Waals surface area contributed by atoms with Crippen LogP contribution in [0.15, 0.2) is 47.2 Å². The molecule has 2 aromatic carbocycles. The fourth-order valence-corrected chi connectivity index (χ4v) is 2.02. The molecule has 100 valence electrons. The van der Waals surface area contributed by atoms with Gasteiger partial charge in [-0.15, -0.1) is 0 Å². The zero-order chi connectivity index (χ0) is 14.1. The number of rotatable bonds is 2. The molecule has 3 rings (SSSR count). The number of nitrogens with zero attached hydrogens (tertiary/aromatic N) is 1. The van der Waals surface area contributed by atoms with Crippen LogP contribution in [0.4, 0.5) is 5.69 Å². The van der Waals surface area contributed by atoms with Crippen LogP contribution in [0.1, 0.15) is 21.5 Å². The number of nitrogens with one attached hydrogen (secondary N) is 1. The molecule has 0 radical (unpaired) electrons. The molecule has 0 fully saturated rings. The van der Waals surface area contributed by atoms with Crippen LogP contribution in [0, 0.1) is 13.8 Å². The summed E-state index contributed by atoms with van der Waals surface area (Å²) in [6.07, 6.45) is 1.39. The summed E-state index contributed by atoms with van der Waals surface area (Å²) >= 11 is 0. The molecule has 1 heterocycles. The van der Waals surface area contributed by atoms with Crippen molar-refractivity contribution in [1.29, 1.82) is 0 Å². The van der Waals surface area contributed by atoms with Crippen molar-refractivity contribution in [1.82, 2.24) is 4.98 Å². The molecular weight excluding hydrogens is 252 g/mol. The maximum absolute atomic E-state index is 12.2. The van der Waals surface area contributed by atoms with Crippen LogP contribution < -0.4 is 5.32 Å². The summed E-state index contributed by atoms with van der Waals surface area (Å²) in [6.45, 7) is 4.02. The van der Waals surface area contributed by atoms with Crippen molar-refractivity contribution in [2.24, 2.45) is 0 Å². The molecule has 3 aromatic rings. The highest BCUT2D eigenvalue weighted by Gasteiger charge is 2.08. The van der Waals surface area contributed by atoms with Crippen LogP contribution in [-0.2, 0) is 0 Å². The standard InChI is InChI=1S/C16H14N2O2/c1-10-3-4-12(7-11(10)2)16(19)18-13-5-6-15-14(8-13)17-9-20-15/h3-9H,1-2H3,(H,18,19). The smallest absolute Gasteiger partial charge is 0.255 e. The van der Waals surface area contributed by atoms with Crippen LogP contribution >= 0.6 is 0 Å². The van der Waals surface area contributed by atoms with E-state index in [1.807, 2.05) is 32.0 Å². The predicted octanol–water partition coefficient (Wildman–Crippen LogP) is 3.70. The van der Waals surface area contributed by atoms with Crippen LogP contribution in [0.2, 0.25) is 0 Å². The SMILES string of the molecule is Cc1ccc(C(=O)Nc2ccc3ocnc3c2)cc1C. The monoisotopic (exact) mass is 266 g/mol. The molecule has 1 N–H and O–H groups in total. The number of hydrogen-bond acceptors (Lipinski definition) is 3. The van der Waals surface area contributed by atoms with E-state index in [0.717, 1.165) is 11.1 Å². The highest BCUT2D eigenvalue weighted by Crippen LogP contribution is 2.18. The third-order valence-corrected chi connectivity index (χ3v) is 3.36. The van der Waals surface area contributed by atoms with Gasteiger partial charge >= 0.3 is 0 Å². The van der Waals surface area contributed by atoms with Crippen LogP contribution in [0.25, 0.3) is 11.1 Å². The number of oxazole rings is 1. The lowest BCUT2D eigenvalue weighted by molar-refractivity contribution is 0.102. The fraction of sp³-hybridized carbons (Fsp3) is 0.125. The van der Waals surface area contributed by atoms with Gasteiger partial charge in [0.05, 0.1) is 0 Å². The number of hydrogen-bond donors (Lipinski definition) is 1. The summed E-state index contributed by atoms with van der Waals surface area (Å²) in [5.41, 5.74) is 5.05. The van der Waals surface area contributed by atoms with Gasteiger partial charge in [-0.05, 0) is 55.3 Å². The summed E-state index contributed by atoms with van der Waals surface area (Å²) in [6, 6.07) is 11.0. The molecule has 1 aromatic heterocycles. The van der Waals surface area contributed by atoms with Gasteiger partial charge in [-0.1, -0.05) is 6.07 Å². The number of anilines is 1. The second-order valence-corrected chi connectivity index (χ2v) is 4.79. The summed E-state index contributed by atoms with van der Waals surface area (Å²) in [4.78, 5) is 16.3. The average Bonchev–Trinajstić information content (AvgIpc) is 2.89. The zero-order valence-corrected chi connectivity index (χ0v) is 11.3. The maximum atomic E-state index is 12.2. The molecule has 0 bridgehead atoms. The third-order valence-electron chi connectivity index (χ3n) is 3.36. The van der Waals surface area contributed by atoms with E-state index in [2.05, 4.69) is 10.3 Å². The van der Waals surface area contributed by atoms with E-state index >= 15 is 0 Å². The van der Waals surface area contributed by atoms with Gasteiger partial charge in [0.15, 0.2) is 12.0 Å². The number of amides is 1. The lowest BCUT2D eigenvalue weighted by Crippen LogP contribution is -2.12. The largest absolute Gasteiger partial charge is 0.443 e. The molecule has 0 unspecified atom stereocenters. The van der Waals surface area contributed by atoms with E-state index in [1.165, 1.54) is 12.0 Å². The van der Waals surface area contributed by atoms with Crippen LogP contribution in [-0.4, -0.2) is 10.9 Å². The highest BCUT2D eigenvalue weighted by molar-refractivity contribution is 6.05. The van der Waals surface area contributed by atoms with E-state index in [1.54, 1.807) is 18.2 Å². The molecule has 0 saturated heterocycles. The van der Waals surface area contributed by atoms with Gasteiger partial charge in [0.2, 0.25) is 0 Å². The Labute approximate surface area is 116 Å². The highest BCUT2D eigenvalue weighted by atomic mass is 16.3. The van der Waals surface area contributed by atoms with Crippen molar-refractivity contribution < 1.29 is 9.21 Å². The van der Waals surface area contributed by atoms with E-state index in [-0.39, 0.29) is 5.91 Å². The van der Waals surface area contributed by atoms with Gasteiger partial charge in [-0.25, -0.2) is 4.98 Å². The molecule has 0 aliphatic heterocycles. The minimum atomic E-state index is -0.129. The molecule has 20 heavy (non-hydrogen) atoms. The van der Waals surface area contributed by atoms with Gasteiger partial charge in [-0.3, -0.25) is 4.79 Å². The number of carbonyl (C=O) groups is 1. The Morgan fingerprint density at radius 2 is 1.95 bits per heavy atom. The number of benzene rings is 2.